The van der Waals surface area contributed by atoms with Gasteiger partial charge in [0, 0.05) is 43.3 Å². The number of aryl methyl sites for hydroxylation is 4. The quantitative estimate of drug-likeness (QED) is 0.163. The molecule has 69 heavy (non-hydrogen) atoms. The molecule has 0 saturated heterocycles. The highest BCUT2D eigenvalue weighted by Crippen LogP contribution is 2.64. The van der Waals surface area contributed by atoms with Crippen molar-refractivity contribution in [2.45, 2.75) is 59.3 Å². The normalized spacial score (nSPS) is 14.3. The summed E-state index contributed by atoms with van der Waals surface area (Å²) in [4.78, 5) is 5.17. The fraction of sp³-hybridized carbons (Fsp3) is 0.138. The zero-order valence-corrected chi connectivity index (χ0v) is 41.0. The zero-order valence-electron chi connectivity index (χ0n) is 40.2. The minimum Gasteiger partial charge on any atom is -0.311 e. The predicted octanol–water partition coefficient (Wildman–Crippen LogP) is 15.5. The van der Waals surface area contributed by atoms with Crippen molar-refractivity contribution in [3.05, 3.63) is 232 Å². The molecule has 0 amide bonds. The fourth-order valence-electron chi connectivity index (χ4n) is 13.0. The molecule has 0 radical (unpaired) electrons. The molecule has 1 spiro atoms. The first-order valence-corrected chi connectivity index (χ1v) is 25.3. The Labute approximate surface area is 410 Å². The summed E-state index contributed by atoms with van der Waals surface area (Å²) in [6.45, 7) is 16.0. The van der Waals surface area contributed by atoms with Gasteiger partial charge in [0.1, 0.15) is 0 Å². The van der Waals surface area contributed by atoms with Gasteiger partial charge in [0.25, 0.3) is 6.71 Å². The van der Waals surface area contributed by atoms with Gasteiger partial charge >= 0.3 is 0 Å². The highest BCUT2D eigenvalue weighted by atomic mass is 32.1. The number of rotatable bonds is 3. The van der Waals surface area contributed by atoms with Crippen LogP contribution in [0.25, 0.3) is 43.5 Å². The summed E-state index contributed by atoms with van der Waals surface area (Å²) < 4.78 is 2.72. The van der Waals surface area contributed by atoms with Crippen molar-refractivity contribution < 1.29 is 0 Å². The van der Waals surface area contributed by atoms with Crippen LogP contribution in [0.4, 0.5) is 34.1 Å². The van der Waals surface area contributed by atoms with Crippen LogP contribution in [0, 0.1) is 27.7 Å². The molecule has 10 aromatic rings. The number of hydrogen-bond donors (Lipinski definition) is 0. The Hall–Kier alpha value is -7.40. The third kappa shape index (κ3) is 5.50. The summed E-state index contributed by atoms with van der Waals surface area (Å²) in [6, 6.07) is 70.2. The first kappa shape index (κ1) is 40.7. The van der Waals surface area contributed by atoms with Crippen LogP contribution in [0.1, 0.15) is 70.8 Å². The minimum absolute atomic E-state index is 0.00708. The number of benzene rings is 9. The molecule has 2 nitrogen and oxygen atoms in total. The Kier molecular flexibility index (Phi) is 8.44. The summed E-state index contributed by atoms with van der Waals surface area (Å²) in [5.74, 6) is 0. The van der Waals surface area contributed by atoms with E-state index >= 15 is 0 Å². The molecule has 0 saturated carbocycles. The van der Waals surface area contributed by atoms with Crippen molar-refractivity contribution in [1.82, 2.24) is 0 Å². The second-order valence-corrected chi connectivity index (χ2v) is 22.2. The lowest BCUT2D eigenvalue weighted by Crippen LogP contribution is -2.60. The smallest absolute Gasteiger partial charge is 0.264 e. The second-order valence-electron chi connectivity index (χ2n) is 21.1. The average Bonchev–Trinajstić information content (AvgIpc) is 3.97. The average molecular weight is 903 g/mol. The van der Waals surface area contributed by atoms with Crippen LogP contribution >= 0.6 is 11.3 Å². The lowest BCUT2D eigenvalue weighted by molar-refractivity contribution is 0.588. The van der Waals surface area contributed by atoms with Crippen molar-refractivity contribution in [2.24, 2.45) is 0 Å². The molecular weight excluding hydrogens is 852 g/mol. The minimum atomic E-state index is -0.445. The molecule has 330 valence electrons. The standard InChI is InChI=1S/C65H51BN2S/c1-38-24-28-45(29-25-38)68-58-33-39(2)32-57-61(58)66(55-31-26-42(60-40(3)16-15-17-41(60)4)34-56(55)67(57)44-18-9-8-10-19-44)63-62(68)50-36-49-48-30-27-43(64(5,6)7)35-53(48)65(54(49)37-59(50)69-63)51-22-13-11-20-46(51)47-21-12-14-23-52(47)65/h8-37H,1-7H3. The lowest BCUT2D eigenvalue weighted by Gasteiger charge is -2.43. The van der Waals surface area contributed by atoms with Crippen molar-refractivity contribution in [3.63, 3.8) is 0 Å². The summed E-state index contributed by atoms with van der Waals surface area (Å²) in [5.41, 5.74) is 29.6. The Morgan fingerprint density at radius 3 is 1.80 bits per heavy atom. The highest BCUT2D eigenvalue weighted by Gasteiger charge is 2.53. The van der Waals surface area contributed by atoms with Crippen molar-refractivity contribution in [2.75, 3.05) is 9.80 Å². The topological polar surface area (TPSA) is 6.48 Å². The Morgan fingerprint density at radius 2 is 1.10 bits per heavy atom. The number of fused-ring (bicyclic) bond motifs is 16. The molecule has 9 aromatic carbocycles. The van der Waals surface area contributed by atoms with Gasteiger partial charge in [-0.3, -0.25) is 0 Å². The molecule has 0 N–H and O–H groups in total. The third-order valence-corrected chi connectivity index (χ3v) is 17.2. The first-order valence-electron chi connectivity index (χ1n) is 24.5. The van der Waals surface area contributed by atoms with Gasteiger partial charge in [-0.2, -0.15) is 0 Å². The van der Waals surface area contributed by atoms with E-state index in [0.29, 0.717) is 0 Å². The molecule has 1 aromatic heterocycles. The SMILES string of the molecule is Cc1ccc(N2c3cc(C)cc4c3B(c3ccc(-c5c(C)cccc5C)cc3N4c3ccccc3)c3sc4cc5c(cc4c32)-c2ccc(C(C)(C)C)cc2C52c3ccccc3-c3ccccc32)cc1. The lowest BCUT2D eigenvalue weighted by atomic mass is 9.36. The highest BCUT2D eigenvalue weighted by molar-refractivity contribution is 7.33. The van der Waals surface area contributed by atoms with Gasteiger partial charge in [-0.15, -0.1) is 11.3 Å². The Bertz CT molecular complexity index is 3770. The first-order chi connectivity index (χ1) is 33.5. The van der Waals surface area contributed by atoms with E-state index < -0.39 is 5.41 Å². The maximum atomic E-state index is 2.62. The number of hydrogen-bond acceptors (Lipinski definition) is 3. The number of anilines is 6. The van der Waals surface area contributed by atoms with Crippen LogP contribution < -0.4 is 25.5 Å². The van der Waals surface area contributed by atoms with Crippen LogP contribution in [-0.4, -0.2) is 6.71 Å². The molecule has 3 heterocycles. The predicted molar refractivity (Wildman–Crippen MR) is 295 cm³/mol. The maximum Gasteiger partial charge on any atom is 0.264 e. The molecule has 4 aliphatic rings. The van der Waals surface area contributed by atoms with Gasteiger partial charge in [0.2, 0.25) is 0 Å². The van der Waals surface area contributed by atoms with E-state index in [1.54, 1.807) is 0 Å². The van der Waals surface area contributed by atoms with Gasteiger partial charge < -0.3 is 9.80 Å². The summed E-state index contributed by atoms with van der Waals surface area (Å²) in [6.07, 6.45) is 0. The Balaban J connectivity index is 1.10. The van der Waals surface area contributed by atoms with E-state index in [-0.39, 0.29) is 12.1 Å². The maximum absolute atomic E-state index is 2.62. The van der Waals surface area contributed by atoms with Crippen LogP contribution in [0.15, 0.2) is 182 Å². The molecule has 0 atom stereocenters. The number of thiophene rings is 1. The van der Waals surface area contributed by atoms with E-state index in [0.717, 1.165) is 0 Å². The summed E-state index contributed by atoms with van der Waals surface area (Å²) in [5, 5.41) is 1.31. The van der Waals surface area contributed by atoms with Gasteiger partial charge in [-0.25, -0.2) is 0 Å². The van der Waals surface area contributed by atoms with Crippen molar-refractivity contribution in [3.8, 4) is 33.4 Å². The zero-order chi connectivity index (χ0) is 46.7. The second kappa shape index (κ2) is 14.3. The van der Waals surface area contributed by atoms with Crippen molar-refractivity contribution >= 4 is 78.0 Å². The van der Waals surface area contributed by atoms with Gasteiger partial charge in [0.05, 0.1) is 11.1 Å². The molecule has 0 fully saturated rings. The van der Waals surface area contributed by atoms with Crippen LogP contribution in [0.2, 0.25) is 0 Å². The number of nitrogens with zero attached hydrogens (tertiary/aromatic N) is 2. The van der Waals surface area contributed by atoms with E-state index in [9.17, 15) is 0 Å². The van der Waals surface area contributed by atoms with E-state index in [1.807, 2.05) is 11.3 Å². The monoisotopic (exact) mass is 902 g/mol. The van der Waals surface area contributed by atoms with Gasteiger partial charge in [-0.1, -0.05) is 154 Å². The largest absolute Gasteiger partial charge is 0.311 e. The van der Waals surface area contributed by atoms with E-state index in [2.05, 4.69) is 240 Å². The summed E-state index contributed by atoms with van der Waals surface area (Å²) in [7, 11) is 0. The van der Waals surface area contributed by atoms with E-state index in [4.69, 9.17) is 0 Å². The Morgan fingerprint density at radius 1 is 0.478 bits per heavy atom. The van der Waals surface area contributed by atoms with Crippen LogP contribution in [-0.2, 0) is 10.8 Å². The van der Waals surface area contributed by atoms with Crippen LogP contribution in [0.5, 0.6) is 0 Å². The van der Waals surface area contributed by atoms with Crippen LogP contribution in [0.3, 0.4) is 0 Å². The molecule has 0 bridgehead atoms. The van der Waals surface area contributed by atoms with Gasteiger partial charge in [-0.05, 0) is 177 Å². The van der Waals surface area contributed by atoms with Gasteiger partial charge in [0.15, 0.2) is 0 Å². The van der Waals surface area contributed by atoms with E-state index in [1.165, 1.54) is 143 Å². The molecule has 4 heteroatoms. The third-order valence-electron chi connectivity index (χ3n) is 16.0. The molecule has 2 aliphatic heterocycles. The molecule has 2 aliphatic carbocycles. The molecule has 14 rings (SSSR count). The number of para-hydroxylation sites is 1. The summed E-state index contributed by atoms with van der Waals surface area (Å²) >= 11 is 2.01. The van der Waals surface area contributed by atoms with Crippen molar-refractivity contribution in [1.29, 1.82) is 0 Å². The fourth-order valence-corrected chi connectivity index (χ4v) is 14.3. The molecule has 0 unspecified atom stereocenters. The molecular formula is C65H51BN2S.